The second kappa shape index (κ2) is 23.3. The Labute approximate surface area is 313 Å². The molecule has 16 heteroatoms. The third-order valence-electron chi connectivity index (χ3n) is 7.00. The predicted octanol–water partition coefficient (Wildman–Crippen LogP) is 4.87. The van der Waals surface area contributed by atoms with Crippen molar-refractivity contribution in [1.82, 2.24) is 19.9 Å². The standard InChI is InChI=1S/C11H13NO4.C11H11NO4.C8H7NO.C7H6BrNO2/c2*1-15-10(13)4-3-8-7-12-6-5-9(8)11(14)16-2;10-8-2-1-6-5-9-4-3-7(6)8;1-11-7(10)5-2-3-9-4-6(5)8/h5-7H,3-4H2,1-2H3;3-7H,1-2H3;3-5H,1-2H2;2-4H,1H3/b;4-3+;;. The van der Waals surface area contributed by atoms with Gasteiger partial charge in [-0.15, -0.1) is 0 Å². The van der Waals surface area contributed by atoms with Crippen LogP contribution in [0.4, 0.5) is 0 Å². The molecular weight excluding hydrogens is 756 g/mol. The van der Waals surface area contributed by atoms with Crippen LogP contribution >= 0.6 is 15.9 Å². The number of Topliss-reactive ketones (excluding diaryl/α,β-unsaturated/α-hetero) is 1. The van der Waals surface area contributed by atoms with Gasteiger partial charge in [-0.05, 0) is 70.2 Å². The van der Waals surface area contributed by atoms with Gasteiger partial charge in [-0.25, -0.2) is 19.2 Å². The number of pyridine rings is 4. The summed E-state index contributed by atoms with van der Waals surface area (Å²) in [6.07, 6.45) is 17.4. The van der Waals surface area contributed by atoms with Crippen LogP contribution < -0.4 is 0 Å². The lowest BCUT2D eigenvalue weighted by molar-refractivity contribution is -0.140. The summed E-state index contributed by atoms with van der Waals surface area (Å²) in [7, 11) is 6.54. The molecule has 53 heavy (non-hydrogen) atoms. The third kappa shape index (κ3) is 14.2. The highest BCUT2D eigenvalue weighted by Crippen LogP contribution is 2.19. The number of halogens is 1. The lowest BCUT2D eigenvalue weighted by atomic mass is 10.1. The first-order chi connectivity index (χ1) is 25.5. The maximum absolute atomic E-state index is 11.4. The van der Waals surface area contributed by atoms with Crippen LogP contribution in [0, 0.1) is 0 Å². The molecule has 0 radical (unpaired) electrons. The van der Waals surface area contributed by atoms with Gasteiger partial charge in [0.1, 0.15) is 0 Å². The Morgan fingerprint density at radius 1 is 0.660 bits per heavy atom. The fraction of sp³-hybridized carbons (Fsp3) is 0.243. The number of carbonyl (C=O) groups excluding carboxylic acids is 6. The molecule has 0 bridgehead atoms. The molecule has 0 amide bonds. The maximum atomic E-state index is 11.4. The van der Waals surface area contributed by atoms with Gasteiger partial charge < -0.3 is 23.7 Å². The average Bonchev–Trinajstić information content (AvgIpc) is 3.59. The summed E-state index contributed by atoms with van der Waals surface area (Å²) in [5.74, 6) is -1.83. The average molecular weight is 794 g/mol. The minimum Gasteiger partial charge on any atom is -0.469 e. The van der Waals surface area contributed by atoms with Crippen molar-refractivity contribution in [3.05, 3.63) is 123 Å². The fourth-order valence-corrected chi connectivity index (χ4v) is 4.68. The van der Waals surface area contributed by atoms with Crippen molar-refractivity contribution in [2.75, 3.05) is 35.5 Å². The van der Waals surface area contributed by atoms with Crippen molar-refractivity contribution in [3.8, 4) is 0 Å². The van der Waals surface area contributed by atoms with Crippen LogP contribution in [0.2, 0.25) is 0 Å². The van der Waals surface area contributed by atoms with E-state index in [0.717, 1.165) is 17.5 Å². The van der Waals surface area contributed by atoms with Gasteiger partial charge >= 0.3 is 29.8 Å². The summed E-state index contributed by atoms with van der Waals surface area (Å²) in [5, 5.41) is 0. The normalized spacial score (nSPS) is 10.8. The quantitative estimate of drug-likeness (QED) is 0.133. The van der Waals surface area contributed by atoms with Crippen molar-refractivity contribution in [1.29, 1.82) is 0 Å². The Kier molecular flexibility index (Phi) is 18.9. The summed E-state index contributed by atoms with van der Waals surface area (Å²) in [6, 6.07) is 6.47. The topological polar surface area (TPSA) is 200 Å². The van der Waals surface area contributed by atoms with Gasteiger partial charge in [0.05, 0.1) is 56.7 Å². The number of nitrogens with zero attached hydrogens (tertiary/aromatic N) is 4. The number of fused-ring (bicyclic) bond motifs is 1. The molecule has 0 saturated heterocycles. The summed E-state index contributed by atoms with van der Waals surface area (Å²) in [4.78, 5) is 82.1. The van der Waals surface area contributed by atoms with Crippen LogP contribution in [0.5, 0.6) is 0 Å². The number of hydrogen-bond acceptors (Lipinski definition) is 15. The highest BCUT2D eigenvalue weighted by atomic mass is 79.9. The molecule has 1 aliphatic rings. The van der Waals surface area contributed by atoms with Crippen LogP contribution in [0.1, 0.15) is 71.0 Å². The number of carbonyl (C=O) groups is 6. The monoisotopic (exact) mass is 792 g/mol. The number of aromatic nitrogens is 4. The lowest BCUT2D eigenvalue weighted by Gasteiger charge is -2.05. The molecule has 0 aromatic carbocycles. The molecule has 0 N–H and O–H groups in total. The highest BCUT2D eigenvalue weighted by molar-refractivity contribution is 9.10. The Balaban J connectivity index is 0.000000249. The van der Waals surface area contributed by atoms with Crippen molar-refractivity contribution in [2.45, 2.75) is 25.7 Å². The number of hydrogen-bond donors (Lipinski definition) is 0. The summed E-state index contributed by atoms with van der Waals surface area (Å²) >= 11 is 3.17. The van der Waals surface area contributed by atoms with Crippen LogP contribution in [0.3, 0.4) is 0 Å². The highest BCUT2D eigenvalue weighted by Gasteiger charge is 2.18. The molecule has 0 unspecified atom stereocenters. The molecule has 0 aliphatic heterocycles. The van der Waals surface area contributed by atoms with Crippen LogP contribution in [0.15, 0.2) is 84.4 Å². The largest absolute Gasteiger partial charge is 0.469 e. The summed E-state index contributed by atoms with van der Waals surface area (Å²) < 4.78 is 23.3. The Morgan fingerprint density at radius 2 is 1.21 bits per heavy atom. The smallest absolute Gasteiger partial charge is 0.339 e. The van der Waals surface area contributed by atoms with E-state index in [1.807, 2.05) is 0 Å². The molecule has 4 aromatic rings. The molecule has 1 aliphatic carbocycles. The first-order valence-electron chi connectivity index (χ1n) is 15.5. The Bertz CT molecular complexity index is 1920. The molecule has 4 aromatic heterocycles. The second-order valence-electron chi connectivity index (χ2n) is 10.2. The fourth-order valence-electron chi connectivity index (χ4n) is 4.27. The molecule has 278 valence electrons. The predicted molar refractivity (Wildman–Crippen MR) is 193 cm³/mol. The number of ketones is 1. The van der Waals surface area contributed by atoms with E-state index in [1.54, 1.807) is 43.0 Å². The van der Waals surface area contributed by atoms with Crippen LogP contribution in [0.25, 0.3) is 6.08 Å². The molecule has 0 spiro atoms. The van der Waals surface area contributed by atoms with Gasteiger partial charge in [0.15, 0.2) is 5.78 Å². The minimum absolute atomic E-state index is 0.214. The van der Waals surface area contributed by atoms with Crippen molar-refractivity contribution in [2.24, 2.45) is 0 Å². The number of methoxy groups -OCH3 is 5. The van der Waals surface area contributed by atoms with E-state index < -0.39 is 17.9 Å². The number of esters is 5. The molecule has 0 atom stereocenters. The van der Waals surface area contributed by atoms with E-state index in [2.05, 4.69) is 59.6 Å². The first kappa shape index (κ1) is 43.0. The van der Waals surface area contributed by atoms with Gasteiger partial charge in [-0.2, -0.15) is 0 Å². The molecule has 15 nitrogen and oxygen atoms in total. The Morgan fingerprint density at radius 3 is 1.81 bits per heavy atom. The van der Waals surface area contributed by atoms with Crippen molar-refractivity contribution in [3.63, 3.8) is 0 Å². The van der Waals surface area contributed by atoms with E-state index in [9.17, 15) is 28.8 Å². The van der Waals surface area contributed by atoms with Crippen molar-refractivity contribution < 1.29 is 52.5 Å². The molecule has 0 fully saturated rings. The Hall–Kier alpha value is -6.16. The van der Waals surface area contributed by atoms with Crippen LogP contribution in [-0.4, -0.2) is 91.1 Å². The zero-order valence-electron chi connectivity index (χ0n) is 29.6. The summed E-state index contributed by atoms with van der Waals surface area (Å²) in [6.45, 7) is 0. The third-order valence-corrected chi connectivity index (χ3v) is 7.63. The zero-order chi connectivity index (χ0) is 39.2. The van der Waals surface area contributed by atoms with Gasteiger partial charge in [0.25, 0.3) is 0 Å². The number of aryl methyl sites for hydroxylation is 2. The van der Waals surface area contributed by atoms with E-state index in [-0.39, 0.29) is 24.1 Å². The van der Waals surface area contributed by atoms with E-state index in [0.29, 0.717) is 45.1 Å². The second-order valence-corrected chi connectivity index (χ2v) is 11.1. The van der Waals surface area contributed by atoms with E-state index in [4.69, 9.17) is 0 Å². The molecule has 5 rings (SSSR count). The molecule has 0 saturated carbocycles. The number of ether oxygens (including phenoxy) is 5. The van der Waals surface area contributed by atoms with E-state index in [1.165, 1.54) is 78.6 Å². The zero-order valence-corrected chi connectivity index (χ0v) is 31.2. The van der Waals surface area contributed by atoms with Crippen LogP contribution in [-0.2, 0) is 46.1 Å². The van der Waals surface area contributed by atoms with Crippen molar-refractivity contribution >= 4 is 57.6 Å². The molecular formula is C37H37BrN4O11. The van der Waals surface area contributed by atoms with E-state index >= 15 is 0 Å². The maximum Gasteiger partial charge on any atom is 0.339 e. The van der Waals surface area contributed by atoms with Gasteiger partial charge in [0, 0.05) is 79.6 Å². The first-order valence-corrected chi connectivity index (χ1v) is 16.3. The minimum atomic E-state index is -0.500. The summed E-state index contributed by atoms with van der Waals surface area (Å²) in [5.41, 5.74) is 4.42. The molecule has 4 heterocycles. The SMILES string of the molecule is COC(=O)/C=C/c1cnccc1C(=O)OC.COC(=O)CCc1cnccc1C(=O)OC.COC(=O)c1ccncc1Br.O=C1CCc2cnccc21. The van der Waals surface area contributed by atoms with Gasteiger partial charge in [-0.3, -0.25) is 29.5 Å². The van der Waals surface area contributed by atoms with Gasteiger partial charge in [-0.1, -0.05) is 0 Å². The number of rotatable bonds is 8. The lowest BCUT2D eigenvalue weighted by Crippen LogP contribution is -2.08. The van der Waals surface area contributed by atoms with Gasteiger partial charge in [0.2, 0.25) is 0 Å².